The maximum Gasteiger partial charge on any atom is 0.148 e. The molecule has 1 heterocycles. The lowest BCUT2D eigenvalue weighted by Crippen LogP contribution is -2.24. The fraction of sp³-hybridized carbons (Fsp3) is 0.667. The molecule has 0 saturated carbocycles. The predicted octanol–water partition coefficient (Wildman–Crippen LogP) is 2.82. The minimum absolute atomic E-state index is 0.673. The molecule has 0 radical (unpaired) electrons. The van der Waals surface area contributed by atoms with Crippen LogP contribution in [0.5, 0.6) is 0 Å². The minimum Gasteiger partial charge on any atom is -0.368 e. The van der Waals surface area contributed by atoms with Crippen molar-refractivity contribution in [3.63, 3.8) is 0 Å². The Kier molecular flexibility index (Phi) is 4.53. The number of hydrogen-bond acceptors (Lipinski definition) is 3. The molecule has 15 heavy (non-hydrogen) atoms. The van der Waals surface area contributed by atoms with Crippen molar-refractivity contribution >= 4 is 5.82 Å². The van der Waals surface area contributed by atoms with Gasteiger partial charge in [0.05, 0.1) is 0 Å². The van der Waals surface area contributed by atoms with Crippen LogP contribution in [0.25, 0.3) is 0 Å². The predicted molar refractivity (Wildman–Crippen MR) is 63.7 cm³/mol. The molecule has 1 rings (SSSR count). The Labute approximate surface area is 92.3 Å². The monoisotopic (exact) mass is 207 g/mol. The van der Waals surface area contributed by atoms with Crippen LogP contribution in [0.4, 0.5) is 5.82 Å². The molecule has 0 spiro atoms. The second kappa shape index (κ2) is 5.69. The smallest absolute Gasteiger partial charge is 0.148 e. The highest BCUT2D eigenvalue weighted by Gasteiger charge is 2.16. The summed E-state index contributed by atoms with van der Waals surface area (Å²) < 4.78 is 0. The van der Waals surface area contributed by atoms with E-state index in [1.165, 1.54) is 0 Å². The van der Waals surface area contributed by atoms with Crippen molar-refractivity contribution in [2.24, 2.45) is 17.8 Å². The highest BCUT2D eigenvalue weighted by atomic mass is 15.2. The third-order valence-corrected chi connectivity index (χ3v) is 2.80. The normalized spacial score (nSPS) is 11.4. The molecular formula is C12H21N3. The van der Waals surface area contributed by atoms with Gasteiger partial charge in [-0.05, 0) is 29.9 Å². The second-order valence-electron chi connectivity index (χ2n) is 4.64. The Morgan fingerprint density at radius 3 is 2.33 bits per heavy atom. The molecule has 3 nitrogen and oxygen atoms in total. The van der Waals surface area contributed by atoms with Crippen molar-refractivity contribution < 1.29 is 0 Å². The first-order chi connectivity index (χ1) is 7.11. The summed E-state index contributed by atoms with van der Waals surface area (Å²) in [6.45, 7) is 10.0. The van der Waals surface area contributed by atoms with Gasteiger partial charge in [-0.1, -0.05) is 27.7 Å². The molecule has 1 aromatic heterocycles. The van der Waals surface area contributed by atoms with Gasteiger partial charge in [0, 0.05) is 12.7 Å². The number of aromatic nitrogens is 2. The summed E-state index contributed by atoms with van der Waals surface area (Å²) in [5, 5.41) is 11.2. The Balaban J connectivity index is 2.47. The summed E-state index contributed by atoms with van der Waals surface area (Å²) in [4.78, 5) is 0. The summed E-state index contributed by atoms with van der Waals surface area (Å²) in [6.07, 6.45) is 1.69. The number of nitrogens with zero attached hydrogens (tertiary/aromatic N) is 2. The van der Waals surface area contributed by atoms with Gasteiger partial charge in [-0.25, -0.2) is 0 Å². The quantitative estimate of drug-likeness (QED) is 0.806. The summed E-state index contributed by atoms with van der Waals surface area (Å²) in [5.74, 6) is 2.92. The Morgan fingerprint density at radius 1 is 1.20 bits per heavy atom. The average Bonchev–Trinajstić information content (AvgIpc) is 2.18. The van der Waals surface area contributed by atoms with Crippen molar-refractivity contribution in [1.82, 2.24) is 10.2 Å². The lowest BCUT2D eigenvalue weighted by Gasteiger charge is -2.25. The number of nitrogens with one attached hydrogen (secondary N) is 1. The van der Waals surface area contributed by atoms with Crippen LogP contribution >= 0.6 is 0 Å². The molecule has 0 aliphatic carbocycles. The van der Waals surface area contributed by atoms with E-state index < -0.39 is 0 Å². The molecule has 1 N–H and O–H groups in total. The highest BCUT2D eigenvalue weighted by molar-refractivity contribution is 5.31. The van der Waals surface area contributed by atoms with Crippen molar-refractivity contribution in [3.05, 3.63) is 18.3 Å². The summed E-state index contributed by atoms with van der Waals surface area (Å²) >= 11 is 0. The molecular weight excluding hydrogens is 186 g/mol. The van der Waals surface area contributed by atoms with E-state index >= 15 is 0 Å². The van der Waals surface area contributed by atoms with Gasteiger partial charge >= 0.3 is 0 Å². The molecule has 0 bridgehead atoms. The zero-order chi connectivity index (χ0) is 11.3. The van der Waals surface area contributed by atoms with E-state index in [0.717, 1.165) is 12.4 Å². The summed E-state index contributed by atoms with van der Waals surface area (Å²) in [6, 6.07) is 3.85. The molecule has 0 aliphatic heterocycles. The lowest BCUT2D eigenvalue weighted by molar-refractivity contribution is 0.304. The largest absolute Gasteiger partial charge is 0.368 e. The minimum atomic E-state index is 0.673. The lowest BCUT2D eigenvalue weighted by atomic mass is 9.85. The molecule has 0 aromatic carbocycles. The third kappa shape index (κ3) is 3.86. The van der Waals surface area contributed by atoms with Gasteiger partial charge in [0.15, 0.2) is 0 Å². The fourth-order valence-electron chi connectivity index (χ4n) is 1.86. The number of rotatable bonds is 5. The van der Waals surface area contributed by atoms with Crippen LogP contribution in [-0.2, 0) is 0 Å². The van der Waals surface area contributed by atoms with Gasteiger partial charge in [0.1, 0.15) is 5.82 Å². The van der Waals surface area contributed by atoms with E-state index in [1.807, 2.05) is 12.1 Å². The van der Waals surface area contributed by atoms with Gasteiger partial charge in [0.25, 0.3) is 0 Å². The number of anilines is 1. The van der Waals surface area contributed by atoms with E-state index in [2.05, 4.69) is 43.2 Å². The maximum absolute atomic E-state index is 4.01. The molecule has 0 fully saturated rings. The first-order valence-electron chi connectivity index (χ1n) is 5.63. The molecule has 0 aliphatic rings. The summed E-state index contributed by atoms with van der Waals surface area (Å²) in [7, 11) is 0. The van der Waals surface area contributed by atoms with Crippen LogP contribution in [0.15, 0.2) is 18.3 Å². The van der Waals surface area contributed by atoms with E-state index in [4.69, 9.17) is 0 Å². The van der Waals surface area contributed by atoms with Gasteiger partial charge in [-0.3, -0.25) is 0 Å². The van der Waals surface area contributed by atoms with Crippen molar-refractivity contribution in [1.29, 1.82) is 0 Å². The first-order valence-corrected chi connectivity index (χ1v) is 5.63. The zero-order valence-corrected chi connectivity index (χ0v) is 10.1. The number of hydrogen-bond donors (Lipinski definition) is 1. The second-order valence-corrected chi connectivity index (χ2v) is 4.64. The van der Waals surface area contributed by atoms with E-state index in [1.54, 1.807) is 6.20 Å². The molecule has 0 saturated heterocycles. The van der Waals surface area contributed by atoms with Gasteiger partial charge in [0.2, 0.25) is 0 Å². The van der Waals surface area contributed by atoms with Crippen molar-refractivity contribution in [2.75, 3.05) is 11.9 Å². The van der Waals surface area contributed by atoms with Gasteiger partial charge in [-0.2, -0.15) is 5.10 Å². The van der Waals surface area contributed by atoms with Crippen molar-refractivity contribution in [3.8, 4) is 0 Å². The highest BCUT2D eigenvalue weighted by Crippen LogP contribution is 2.20. The maximum atomic E-state index is 4.01. The van der Waals surface area contributed by atoms with Gasteiger partial charge < -0.3 is 5.32 Å². The average molecular weight is 207 g/mol. The fourth-order valence-corrected chi connectivity index (χ4v) is 1.86. The SMILES string of the molecule is CC(C)C(CNc1cccnn1)C(C)C. The van der Waals surface area contributed by atoms with E-state index in [-0.39, 0.29) is 0 Å². The van der Waals surface area contributed by atoms with Crippen LogP contribution in [0.3, 0.4) is 0 Å². The first kappa shape index (κ1) is 12.0. The topological polar surface area (TPSA) is 37.8 Å². The molecule has 0 atom stereocenters. The van der Waals surface area contributed by atoms with Crippen LogP contribution < -0.4 is 5.32 Å². The Morgan fingerprint density at radius 2 is 1.87 bits per heavy atom. The van der Waals surface area contributed by atoms with E-state index in [0.29, 0.717) is 17.8 Å². The van der Waals surface area contributed by atoms with E-state index in [9.17, 15) is 0 Å². The standard InChI is InChI=1S/C12H21N3/c1-9(2)11(10(3)4)8-13-12-6-5-7-14-15-12/h5-7,9-11H,8H2,1-4H3,(H,13,15). The molecule has 3 heteroatoms. The summed E-state index contributed by atoms with van der Waals surface area (Å²) in [5.41, 5.74) is 0. The van der Waals surface area contributed by atoms with Crippen molar-refractivity contribution in [2.45, 2.75) is 27.7 Å². The molecule has 0 unspecified atom stereocenters. The zero-order valence-electron chi connectivity index (χ0n) is 10.1. The van der Waals surface area contributed by atoms with Crippen LogP contribution in [-0.4, -0.2) is 16.7 Å². The molecule has 1 aromatic rings. The Bertz CT molecular complexity index is 261. The van der Waals surface area contributed by atoms with Gasteiger partial charge in [-0.15, -0.1) is 5.10 Å². The third-order valence-electron chi connectivity index (χ3n) is 2.80. The van der Waals surface area contributed by atoms with Crippen LogP contribution in [0.2, 0.25) is 0 Å². The van der Waals surface area contributed by atoms with Crippen LogP contribution in [0.1, 0.15) is 27.7 Å². The van der Waals surface area contributed by atoms with Crippen LogP contribution in [0, 0.1) is 17.8 Å². The Hall–Kier alpha value is -1.12. The molecule has 0 amide bonds. The molecule has 84 valence electrons.